The van der Waals surface area contributed by atoms with Gasteiger partial charge in [-0.3, -0.25) is 4.79 Å². The van der Waals surface area contributed by atoms with Gasteiger partial charge in [0.15, 0.2) is 0 Å². The molecule has 4 nitrogen and oxygen atoms in total. The highest BCUT2D eigenvalue weighted by Crippen LogP contribution is 1.99. The molecule has 1 rings (SSSR count). The predicted molar refractivity (Wildman–Crippen MR) is 52.4 cm³/mol. The van der Waals surface area contributed by atoms with Crippen LogP contribution in [0, 0.1) is 17.1 Å². The second-order valence-electron chi connectivity index (χ2n) is 2.68. The van der Waals surface area contributed by atoms with Crippen LogP contribution >= 0.6 is 0 Å². The molecule has 0 aromatic heterocycles. The molecule has 0 fully saturated rings. The highest BCUT2D eigenvalue weighted by atomic mass is 19.1. The number of amides is 1. The number of halogens is 1. The lowest BCUT2D eigenvalue weighted by Gasteiger charge is -1.94. The quantitative estimate of drug-likeness (QED) is 0.595. The topological polar surface area (TPSA) is 65.2 Å². The first-order chi connectivity index (χ1) is 7.22. The van der Waals surface area contributed by atoms with Crippen LogP contribution in [0.15, 0.2) is 29.4 Å². The molecule has 0 aliphatic carbocycles. The average molecular weight is 205 g/mol. The standard InChI is InChI=1S/C10H8FN3O/c11-9-3-1-8(2-4-9)7-13-14-10(15)5-6-12/h1-4,7H,5H2,(H,14,15)/b13-7-. The average Bonchev–Trinajstić information content (AvgIpc) is 2.21. The van der Waals surface area contributed by atoms with Crippen molar-refractivity contribution in [2.24, 2.45) is 5.10 Å². The lowest BCUT2D eigenvalue weighted by molar-refractivity contribution is -0.120. The fraction of sp³-hybridized carbons (Fsp3) is 0.100. The zero-order valence-electron chi connectivity index (χ0n) is 7.77. The number of carbonyl (C=O) groups is 1. The zero-order valence-corrected chi connectivity index (χ0v) is 7.77. The van der Waals surface area contributed by atoms with Crippen LogP contribution < -0.4 is 5.43 Å². The minimum atomic E-state index is -0.476. The van der Waals surface area contributed by atoms with Crippen molar-refractivity contribution in [1.82, 2.24) is 5.43 Å². The Balaban J connectivity index is 2.48. The highest BCUT2D eigenvalue weighted by molar-refractivity contribution is 5.82. The molecule has 1 aromatic carbocycles. The second kappa shape index (κ2) is 5.50. The Morgan fingerprint density at radius 2 is 2.20 bits per heavy atom. The molecule has 0 aliphatic rings. The maximum atomic E-state index is 12.5. The maximum absolute atomic E-state index is 12.5. The van der Waals surface area contributed by atoms with Crippen molar-refractivity contribution in [1.29, 1.82) is 5.26 Å². The molecule has 0 spiro atoms. The normalized spacial score (nSPS) is 9.87. The van der Waals surface area contributed by atoms with Crippen molar-refractivity contribution in [3.05, 3.63) is 35.6 Å². The SMILES string of the molecule is N#CCC(=O)N/N=C\c1ccc(F)cc1. The fourth-order valence-electron chi connectivity index (χ4n) is 0.839. The molecule has 0 aliphatic heterocycles. The van der Waals surface area contributed by atoms with E-state index in [-0.39, 0.29) is 12.2 Å². The molecule has 1 amide bonds. The third kappa shape index (κ3) is 4.00. The molecule has 5 heteroatoms. The van der Waals surface area contributed by atoms with E-state index < -0.39 is 5.91 Å². The van der Waals surface area contributed by atoms with Crippen molar-refractivity contribution in [2.45, 2.75) is 6.42 Å². The van der Waals surface area contributed by atoms with E-state index in [1.807, 2.05) is 0 Å². The van der Waals surface area contributed by atoms with Gasteiger partial charge in [0, 0.05) is 0 Å². The van der Waals surface area contributed by atoms with Crippen molar-refractivity contribution in [2.75, 3.05) is 0 Å². The second-order valence-corrected chi connectivity index (χ2v) is 2.68. The van der Waals surface area contributed by atoms with Crippen molar-refractivity contribution in [3.63, 3.8) is 0 Å². The van der Waals surface area contributed by atoms with E-state index in [1.165, 1.54) is 30.5 Å². The van der Waals surface area contributed by atoms with Crippen LogP contribution in [0.25, 0.3) is 0 Å². The molecule has 0 bridgehead atoms. The summed E-state index contributed by atoms with van der Waals surface area (Å²) in [6, 6.07) is 7.31. The van der Waals surface area contributed by atoms with Gasteiger partial charge in [0.05, 0.1) is 12.3 Å². The van der Waals surface area contributed by atoms with E-state index in [0.717, 1.165) is 0 Å². The Morgan fingerprint density at radius 3 is 2.80 bits per heavy atom. The lowest BCUT2D eigenvalue weighted by Crippen LogP contribution is -2.16. The molecule has 0 saturated heterocycles. The molecule has 1 aromatic rings. The predicted octanol–water partition coefficient (Wildman–Crippen LogP) is 1.19. The first-order valence-electron chi connectivity index (χ1n) is 4.17. The van der Waals surface area contributed by atoms with E-state index in [4.69, 9.17) is 5.26 Å². The molecule has 0 atom stereocenters. The number of nitriles is 1. The van der Waals surface area contributed by atoms with Crippen molar-refractivity contribution in [3.8, 4) is 6.07 Å². The number of hydrogen-bond acceptors (Lipinski definition) is 3. The molecular formula is C10H8FN3O. The lowest BCUT2D eigenvalue weighted by atomic mass is 10.2. The largest absolute Gasteiger partial charge is 0.272 e. The molecule has 0 radical (unpaired) electrons. The molecule has 0 unspecified atom stereocenters. The summed E-state index contributed by atoms with van der Waals surface area (Å²) in [6.45, 7) is 0. The number of benzene rings is 1. The summed E-state index contributed by atoms with van der Waals surface area (Å²) in [5.74, 6) is -0.809. The molecule has 1 N–H and O–H groups in total. The first kappa shape index (κ1) is 10.9. The van der Waals surface area contributed by atoms with Gasteiger partial charge in [-0.1, -0.05) is 12.1 Å². The van der Waals surface area contributed by atoms with E-state index in [0.29, 0.717) is 5.56 Å². The number of rotatable bonds is 3. The summed E-state index contributed by atoms with van der Waals surface area (Å²) in [6.07, 6.45) is 1.13. The van der Waals surface area contributed by atoms with E-state index in [2.05, 4.69) is 10.5 Å². The van der Waals surface area contributed by atoms with Gasteiger partial charge >= 0.3 is 0 Å². The Labute approximate surface area is 86.0 Å². The van der Waals surface area contributed by atoms with Crippen LogP contribution in [-0.2, 0) is 4.79 Å². The van der Waals surface area contributed by atoms with Crippen molar-refractivity contribution < 1.29 is 9.18 Å². The van der Waals surface area contributed by atoms with Gasteiger partial charge in [-0.05, 0) is 17.7 Å². The van der Waals surface area contributed by atoms with Crippen LogP contribution in [0.2, 0.25) is 0 Å². The maximum Gasteiger partial charge on any atom is 0.254 e. The summed E-state index contributed by atoms with van der Waals surface area (Å²) in [5.41, 5.74) is 2.82. The van der Waals surface area contributed by atoms with E-state index in [9.17, 15) is 9.18 Å². The molecule has 0 heterocycles. The van der Waals surface area contributed by atoms with Crippen LogP contribution in [0.1, 0.15) is 12.0 Å². The van der Waals surface area contributed by atoms with Gasteiger partial charge < -0.3 is 0 Å². The molecule has 15 heavy (non-hydrogen) atoms. The van der Waals surface area contributed by atoms with Gasteiger partial charge in [0.2, 0.25) is 0 Å². The summed E-state index contributed by atoms with van der Waals surface area (Å²) in [5, 5.41) is 11.8. The Kier molecular flexibility index (Phi) is 3.98. The Hall–Kier alpha value is -2.22. The minimum absolute atomic E-state index is 0.235. The van der Waals surface area contributed by atoms with Crippen molar-refractivity contribution >= 4 is 12.1 Å². The monoisotopic (exact) mass is 205 g/mol. The van der Waals surface area contributed by atoms with Gasteiger partial charge in [0.1, 0.15) is 12.2 Å². The minimum Gasteiger partial charge on any atom is -0.272 e. The van der Waals surface area contributed by atoms with Gasteiger partial charge in [-0.15, -0.1) is 0 Å². The van der Waals surface area contributed by atoms with Gasteiger partial charge in [-0.25, -0.2) is 9.82 Å². The van der Waals surface area contributed by atoms with E-state index in [1.54, 1.807) is 6.07 Å². The number of carbonyl (C=O) groups excluding carboxylic acids is 1. The smallest absolute Gasteiger partial charge is 0.254 e. The third-order valence-electron chi connectivity index (χ3n) is 1.51. The Morgan fingerprint density at radius 1 is 1.53 bits per heavy atom. The summed E-state index contributed by atoms with van der Waals surface area (Å²) < 4.78 is 12.5. The van der Waals surface area contributed by atoms with Crippen LogP contribution in [0.3, 0.4) is 0 Å². The number of nitrogens with one attached hydrogen (secondary N) is 1. The molecular weight excluding hydrogens is 197 g/mol. The first-order valence-corrected chi connectivity index (χ1v) is 4.17. The zero-order chi connectivity index (χ0) is 11.1. The van der Waals surface area contributed by atoms with Crippen LogP contribution in [-0.4, -0.2) is 12.1 Å². The summed E-state index contributed by atoms with van der Waals surface area (Å²) in [7, 11) is 0. The van der Waals surface area contributed by atoms with Gasteiger partial charge in [-0.2, -0.15) is 10.4 Å². The number of hydrazone groups is 1. The van der Waals surface area contributed by atoms with Gasteiger partial charge in [0.25, 0.3) is 5.91 Å². The fourth-order valence-corrected chi connectivity index (χ4v) is 0.839. The molecule has 76 valence electrons. The van der Waals surface area contributed by atoms with E-state index >= 15 is 0 Å². The summed E-state index contributed by atoms with van der Waals surface area (Å²) in [4.78, 5) is 10.8. The third-order valence-corrected chi connectivity index (χ3v) is 1.51. The summed E-state index contributed by atoms with van der Waals surface area (Å²) >= 11 is 0. The molecule has 0 saturated carbocycles. The van der Waals surface area contributed by atoms with Crippen LogP contribution in [0.5, 0.6) is 0 Å². The van der Waals surface area contributed by atoms with Crippen LogP contribution in [0.4, 0.5) is 4.39 Å². The Bertz CT molecular complexity index is 406. The highest BCUT2D eigenvalue weighted by Gasteiger charge is 1.95. The number of hydrogen-bond donors (Lipinski definition) is 1. The number of nitrogens with zero attached hydrogens (tertiary/aromatic N) is 2.